The summed E-state index contributed by atoms with van der Waals surface area (Å²) in [7, 11) is 0. The minimum Gasteiger partial charge on any atom is -0.494 e. The molecule has 0 spiro atoms. The highest BCUT2D eigenvalue weighted by Crippen LogP contribution is 2.19. The highest BCUT2D eigenvalue weighted by Gasteiger charge is 2.00. The van der Waals surface area contributed by atoms with Crippen molar-refractivity contribution in [3.63, 3.8) is 0 Å². The summed E-state index contributed by atoms with van der Waals surface area (Å²) in [5.74, 6) is 2.57. The SMILES string of the molecule is CCOc1ccc(CNc2cccc(OCCOc3ccccc3)c2)cc1. The van der Waals surface area contributed by atoms with Gasteiger partial charge in [-0.15, -0.1) is 0 Å². The van der Waals surface area contributed by atoms with Gasteiger partial charge >= 0.3 is 0 Å². The van der Waals surface area contributed by atoms with Crippen LogP contribution in [0.15, 0.2) is 78.9 Å². The summed E-state index contributed by atoms with van der Waals surface area (Å²) in [5.41, 5.74) is 2.21. The number of rotatable bonds is 10. The normalized spacial score (nSPS) is 10.3. The first kappa shape index (κ1) is 18.6. The molecular formula is C23H25NO3. The lowest BCUT2D eigenvalue weighted by Gasteiger charge is -2.11. The molecule has 0 fully saturated rings. The summed E-state index contributed by atoms with van der Waals surface area (Å²) in [6.07, 6.45) is 0. The maximum absolute atomic E-state index is 5.78. The summed E-state index contributed by atoms with van der Waals surface area (Å²) >= 11 is 0. The van der Waals surface area contributed by atoms with Crippen LogP contribution >= 0.6 is 0 Å². The molecule has 140 valence electrons. The molecular weight excluding hydrogens is 338 g/mol. The van der Waals surface area contributed by atoms with Gasteiger partial charge in [-0.1, -0.05) is 36.4 Å². The van der Waals surface area contributed by atoms with E-state index in [0.717, 1.165) is 29.5 Å². The van der Waals surface area contributed by atoms with E-state index in [1.54, 1.807) is 0 Å². The Bertz CT molecular complexity index is 803. The predicted molar refractivity (Wildman–Crippen MR) is 109 cm³/mol. The van der Waals surface area contributed by atoms with E-state index in [1.165, 1.54) is 5.56 Å². The van der Waals surface area contributed by atoms with Gasteiger partial charge in [-0.25, -0.2) is 0 Å². The van der Waals surface area contributed by atoms with E-state index in [2.05, 4.69) is 17.4 Å². The van der Waals surface area contributed by atoms with E-state index >= 15 is 0 Å². The Hall–Kier alpha value is -3.14. The van der Waals surface area contributed by atoms with Crippen LogP contribution in [0.3, 0.4) is 0 Å². The fourth-order valence-corrected chi connectivity index (χ4v) is 2.61. The summed E-state index contributed by atoms with van der Waals surface area (Å²) in [6, 6.07) is 25.8. The second-order valence-electron chi connectivity index (χ2n) is 5.97. The molecule has 3 aromatic rings. The van der Waals surface area contributed by atoms with Crippen molar-refractivity contribution >= 4 is 5.69 Å². The second kappa shape index (κ2) is 10.1. The predicted octanol–water partition coefficient (Wildman–Crippen LogP) is 5.16. The van der Waals surface area contributed by atoms with Gasteiger partial charge in [0.25, 0.3) is 0 Å². The number of para-hydroxylation sites is 1. The lowest BCUT2D eigenvalue weighted by Crippen LogP contribution is -2.09. The topological polar surface area (TPSA) is 39.7 Å². The number of hydrogen-bond acceptors (Lipinski definition) is 4. The summed E-state index contributed by atoms with van der Waals surface area (Å²) in [6.45, 7) is 4.41. The van der Waals surface area contributed by atoms with Crippen molar-refractivity contribution < 1.29 is 14.2 Å². The summed E-state index contributed by atoms with van der Waals surface area (Å²) in [4.78, 5) is 0. The van der Waals surface area contributed by atoms with Gasteiger partial charge in [0.1, 0.15) is 30.5 Å². The molecule has 3 rings (SSSR count). The monoisotopic (exact) mass is 363 g/mol. The maximum Gasteiger partial charge on any atom is 0.122 e. The van der Waals surface area contributed by atoms with Crippen LogP contribution < -0.4 is 19.5 Å². The van der Waals surface area contributed by atoms with Crippen molar-refractivity contribution in [2.45, 2.75) is 13.5 Å². The Labute approximate surface area is 160 Å². The maximum atomic E-state index is 5.78. The minimum absolute atomic E-state index is 0.497. The molecule has 0 heterocycles. The Morgan fingerprint density at radius 1 is 0.667 bits per heavy atom. The third-order valence-corrected chi connectivity index (χ3v) is 3.93. The quantitative estimate of drug-likeness (QED) is 0.505. The van der Waals surface area contributed by atoms with E-state index < -0.39 is 0 Å². The Balaban J connectivity index is 1.44. The standard InChI is InChI=1S/C23H25NO3/c1-2-25-22-13-11-19(12-14-22)18-24-20-7-6-10-23(17-20)27-16-15-26-21-8-4-3-5-9-21/h3-14,17,24H,2,15-16,18H2,1H3. The van der Waals surface area contributed by atoms with Crippen LogP contribution in [0.5, 0.6) is 17.2 Å². The summed E-state index contributed by atoms with van der Waals surface area (Å²) in [5, 5.41) is 3.42. The Kier molecular flexibility index (Phi) is 6.99. The zero-order valence-electron chi connectivity index (χ0n) is 15.6. The van der Waals surface area contributed by atoms with E-state index in [9.17, 15) is 0 Å². The molecule has 3 aromatic carbocycles. The fourth-order valence-electron chi connectivity index (χ4n) is 2.61. The number of nitrogens with one attached hydrogen (secondary N) is 1. The number of benzene rings is 3. The molecule has 0 aromatic heterocycles. The Morgan fingerprint density at radius 2 is 1.33 bits per heavy atom. The van der Waals surface area contributed by atoms with Gasteiger partial charge in [0, 0.05) is 18.3 Å². The number of anilines is 1. The van der Waals surface area contributed by atoms with Crippen LogP contribution in [-0.4, -0.2) is 19.8 Å². The number of hydrogen-bond donors (Lipinski definition) is 1. The van der Waals surface area contributed by atoms with E-state index in [0.29, 0.717) is 19.8 Å². The molecule has 0 aliphatic heterocycles. The van der Waals surface area contributed by atoms with Gasteiger partial charge in [0.2, 0.25) is 0 Å². The van der Waals surface area contributed by atoms with Crippen LogP contribution in [0.2, 0.25) is 0 Å². The lowest BCUT2D eigenvalue weighted by atomic mass is 10.2. The molecule has 4 nitrogen and oxygen atoms in total. The second-order valence-corrected chi connectivity index (χ2v) is 5.97. The molecule has 0 saturated carbocycles. The van der Waals surface area contributed by atoms with Crippen molar-refractivity contribution in [3.05, 3.63) is 84.4 Å². The average molecular weight is 363 g/mol. The molecule has 0 unspecified atom stereocenters. The van der Waals surface area contributed by atoms with Crippen LogP contribution in [-0.2, 0) is 6.54 Å². The lowest BCUT2D eigenvalue weighted by molar-refractivity contribution is 0.217. The molecule has 0 radical (unpaired) electrons. The average Bonchev–Trinajstić information content (AvgIpc) is 2.72. The first-order valence-electron chi connectivity index (χ1n) is 9.20. The van der Waals surface area contributed by atoms with Crippen LogP contribution in [0.4, 0.5) is 5.69 Å². The molecule has 1 N–H and O–H groups in total. The summed E-state index contributed by atoms with van der Waals surface area (Å²) < 4.78 is 16.9. The molecule has 4 heteroatoms. The van der Waals surface area contributed by atoms with E-state index in [-0.39, 0.29) is 0 Å². The van der Waals surface area contributed by atoms with Crippen LogP contribution in [0, 0.1) is 0 Å². The minimum atomic E-state index is 0.497. The third-order valence-electron chi connectivity index (χ3n) is 3.93. The van der Waals surface area contributed by atoms with Gasteiger partial charge in [-0.3, -0.25) is 0 Å². The number of ether oxygens (including phenoxy) is 3. The van der Waals surface area contributed by atoms with Gasteiger partial charge < -0.3 is 19.5 Å². The largest absolute Gasteiger partial charge is 0.494 e. The molecule has 27 heavy (non-hydrogen) atoms. The molecule has 0 aliphatic carbocycles. The van der Waals surface area contributed by atoms with Gasteiger partial charge in [0.05, 0.1) is 6.61 Å². The van der Waals surface area contributed by atoms with Crippen molar-refractivity contribution in [1.82, 2.24) is 0 Å². The molecule has 0 amide bonds. The molecule has 0 aliphatic rings. The zero-order valence-corrected chi connectivity index (χ0v) is 15.6. The van der Waals surface area contributed by atoms with E-state index in [1.807, 2.05) is 73.7 Å². The van der Waals surface area contributed by atoms with Crippen molar-refractivity contribution in [1.29, 1.82) is 0 Å². The zero-order chi connectivity index (χ0) is 18.7. The highest BCUT2D eigenvalue weighted by atomic mass is 16.5. The highest BCUT2D eigenvalue weighted by molar-refractivity contribution is 5.48. The van der Waals surface area contributed by atoms with E-state index in [4.69, 9.17) is 14.2 Å². The van der Waals surface area contributed by atoms with Crippen molar-refractivity contribution in [2.24, 2.45) is 0 Å². The van der Waals surface area contributed by atoms with Gasteiger partial charge in [-0.05, 0) is 48.9 Å². The molecule has 0 atom stereocenters. The van der Waals surface area contributed by atoms with Gasteiger partial charge in [0.15, 0.2) is 0 Å². The van der Waals surface area contributed by atoms with Crippen molar-refractivity contribution in [2.75, 3.05) is 25.1 Å². The Morgan fingerprint density at radius 3 is 2.07 bits per heavy atom. The first-order valence-corrected chi connectivity index (χ1v) is 9.20. The first-order chi connectivity index (χ1) is 13.3. The van der Waals surface area contributed by atoms with Gasteiger partial charge in [-0.2, -0.15) is 0 Å². The van der Waals surface area contributed by atoms with Crippen LogP contribution in [0.1, 0.15) is 12.5 Å². The van der Waals surface area contributed by atoms with Crippen molar-refractivity contribution in [3.8, 4) is 17.2 Å². The smallest absolute Gasteiger partial charge is 0.122 e. The fraction of sp³-hybridized carbons (Fsp3) is 0.217. The molecule has 0 saturated heterocycles. The molecule has 0 bridgehead atoms. The third kappa shape index (κ3) is 6.26. The van der Waals surface area contributed by atoms with Crippen LogP contribution in [0.25, 0.3) is 0 Å².